The standard InChI is InChI=1S/C46H58N4O2/c47-43(51)45(37-21-11-7-12-22-37,38-23-13-8-14-24-38)41-29-33-49(35-41)31-19-5-3-1-2-4-6-20-32-50-34-30-42(36-50)46(44(48)52,39-25-15-9-16-26-39)40-27-17-10-18-28-40/h7-18,21-28,41-42H,1-6,19-20,29-36H2,(H2,47,51)(H2,48,52). The number of nitrogens with two attached hydrogens (primary N) is 2. The third-order valence-electron chi connectivity index (χ3n) is 12.2. The lowest BCUT2D eigenvalue weighted by Gasteiger charge is -2.37. The van der Waals surface area contributed by atoms with Gasteiger partial charge in [-0.2, -0.15) is 0 Å². The zero-order valence-corrected chi connectivity index (χ0v) is 30.9. The first-order chi connectivity index (χ1) is 25.5. The van der Waals surface area contributed by atoms with Crippen LogP contribution in [0.3, 0.4) is 0 Å². The van der Waals surface area contributed by atoms with Gasteiger partial charge in [0.05, 0.1) is 0 Å². The highest BCUT2D eigenvalue weighted by molar-refractivity contribution is 5.92. The van der Waals surface area contributed by atoms with Gasteiger partial charge >= 0.3 is 0 Å². The molecule has 2 amide bonds. The molecule has 0 aromatic heterocycles. The molecule has 0 spiro atoms. The molecular formula is C46H58N4O2. The molecule has 0 aliphatic carbocycles. The summed E-state index contributed by atoms with van der Waals surface area (Å²) in [5.41, 5.74) is 15.0. The summed E-state index contributed by atoms with van der Waals surface area (Å²) in [5.74, 6) is -0.199. The lowest BCUT2D eigenvalue weighted by atomic mass is 9.64. The zero-order valence-electron chi connectivity index (χ0n) is 30.9. The fourth-order valence-electron chi connectivity index (χ4n) is 9.56. The summed E-state index contributed by atoms with van der Waals surface area (Å²) in [6.07, 6.45) is 12.0. The first-order valence-electron chi connectivity index (χ1n) is 19.7. The molecule has 2 aliphatic heterocycles. The Morgan fingerprint density at radius 3 is 1.00 bits per heavy atom. The summed E-state index contributed by atoms with van der Waals surface area (Å²) in [6, 6.07) is 40.7. The van der Waals surface area contributed by atoms with E-state index in [9.17, 15) is 9.59 Å². The molecule has 0 radical (unpaired) electrons. The van der Waals surface area contributed by atoms with Crippen LogP contribution >= 0.6 is 0 Å². The molecule has 6 rings (SSSR count). The third kappa shape index (κ3) is 8.04. The van der Waals surface area contributed by atoms with Crippen molar-refractivity contribution in [3.05, 3.63) is 144 Å². The van der Waals surface area contributed by atoms with E-state index in [2.05, 4.69) is 58.3 Å². The van der Waals surface area contributed by atoms with Crippen LogP contribution in [0, 0.1) is 11.8 Å². The molecule has 4 N–H and O–H groups in total. The molecule has 2 saturated heterocycles. The van der Waals surface area contributed by atoms with Crippen LogP contribution in [0.2, 0.25) is 0 Å². The van der Waals surface area contributed by atoms with E-state index in [1.165, 1.54) is 51.4 Å². The lowest BCUT2D eigenvalue weighted by molar-refractivity contribution is -0.124. The number of rotatable bonds is 19. The number of hydrogen-bond donors (Lipinski definition) is 2. The Hall–Kier alpha value is -4.26. The second-order valence-corrected chi connectivity index (χ2v) is 15.2. The Morgan fingerprint density at radius 1 is 0.462 bits per heavy atom. The van der Waals surface area contributed by atoms with Gasteiger partial charge in [0.1, 0.15) is 10.8 Å². The summed E-state index contributed by atoms with van der Waals surface area (Å²) in [5, 5.41) is 0. The monoisotopic (exact) mass is 698 g/mol. The van der Waals surface area contributed by atoms with Crippen LogP contribution in [0.15, 0.2) is 121 Å². The minimum Gasteiger partial charge on any atom is -0.369 e. The molecule has 4 aromatic rings. The van der Waals surface area contributed by atoms with E-state index in [1.807, 2.05) is 72.8 Å². The van der Waals surface area contributed by atoms with Crippen LogP contribution in [-0.2, 0) is 20.4 Å². The predicted octanol–water partition coefficient (Wildman–Crippen LogP) is 7.69. The third-order valence-corrected chi connectivity index (χ3v) is 12.2. The van der Waals surface area contributed by atoms with Gasteiger partial charge in [0, 0.05) is 13.1 Å². The Labute approximate surface area is 311 Å². The SMILES string of the molecule is NC(=O)C(c1ccccc1)(c1ccccc1)C1CCN(CCCCCCCCCCN2CCC(C(C(N)=O)(c3ccccc3)c3ccccc3)C2)C1. The maximum atomic E-state index is 13.4. The van der Waals surface area contributed by atoms with Crippen molar-refractivity contribution in [2.24, 2.45) is 23.3 Å². The molecule has 52 heavy (non-hydrogen) atoms. The number of nitrogens with zero attached hydrogens (tertiary/aromatic N) is 2. The van der Waals surface area contributed by atoms with Crippen molar-refractivity contribution < 1.29 is 9.59 Å². The summed E-state index contributed by atoms with van der Waals surface area (Å²) >= 11 is 0. The lowest BCUT2D eigenvalue weighted by Crippen LogP contribution is -2.49. The first kappa shape index (κ1) is 37.5. The van der Waals surface area contributed by atoms with E-state index < -0.39 is 10.8 Å². The highest BCUT2D eigenvalue weighted by Crippen LogP contribution is 2.45. The molecular weight excluding hydrogens is 641 g/mol. The molecule has 4 aromatic carbocycles. The second kappa shape index (κ2) is 18.0. The minimum absolute atomic E-state index is 0.152. The van der Waals surface area contributed by atoms with Crippen LogP contribution in [0.5, 0.6) is 0 Å². The number of carbonyl (C=O) groups excluding carboxylic acids is 2. The van der Waals surface area contributed by atoms with Crippen molar-refractivity contribution in [1.82, 2.24) is 9.80 Å². The van der Waals surface area contributed by atoms with Gasteiger partial charge in [-0.15, -0.1) is 0 Å². The van der Waals surface area contributed by atoms with Crippen molar-refractivity contribution in [2.75, 3.05) is 39.3 Å². The number of hydrogen-bond acceptors (Lipinski definition) is 4. The smallest absolute Gasteiger partial charge is 0.232 e. The average Bonchev–Trinajstić information content (AvgIpc) is 3.85. The van der Waals surface area contributed by atoms with E-state index in [4.69, 9.17) is 11.5 Å². The molecule has 2 aliphatic rings. The van der Waals surface area contributed by atoms with Crippen LogP contribution in [0.1, 0.15) is 86.5 Å². The van der Waals surface area contributed by atoms with Crippen LogP contribution < -0.4 is 11.5 Å². The second-order valence-electron chi connectivity index (χ2n) is 15.2. The number of likely N-dealkylation sites (tertiary alicyclic amines) is 2. The zero-order chi connectivity index (χ0) is 36.2. The summed E-state index contributed by atoms with van der Waals surface area (Å²) in [6.45, 7) is 5.98. The maximum Gasteiger partial charge on any atom is 0.232 e. The van der Waals surface area contributed by atoms with E-state index in [-0.39, 0.29) is 23.7 Å². The first-order valence-corrected chi connectivity index (χ1v) is 19.7. The summed E-state index contributed by atoms with van der Waals surface area (Å²) in [7, 11) is 0. The van der Waals surface area contributed by atoms with Crippen molar-refractivity contribution in [1.29, 1.82) is 0 Å². The van der Waals surface area contributed by atoms with Gasteiger partial charge in [-0.3, -0.25) is 9.59 Å². The van der Waals surface area contributed by atoms with Gasteiger partial charge in [0.15, 0.2) is 0 Å². The molecule has 6 heteroatoms. The molecule has 2 atom stereocenters. The van der Waals surface area contributed by atoms with Crippen molar-refractivity contribution in [2.45, 2.75) is 75.0 Å². The predicted molar refractivity (Wildman–Crippen MR) is 212 cm³/mol. The number of amides is 2. The Kier molecular flexibility index (Phi) is 13.0. The highest BCUT2D eigenvalue weighted by Gasteiger charge is 2.50. The van der Waals surface area contributed by atoms with Gasteiger partial charge in [-0.1, -0.05) is 160 Å². The van der Waals surface area contributed by atoms with Crippen LogP contribution in [0.25, 0.3) is 0 Å². The Bertz CT molecular complexity index is 1480. The quantitative estimate of drug-likeness (QED) is 0.0983. The van der Waals surface area contributed by atoms with Crippen molar-refractivity contribution >= 4 is 11.8 Å². The largest absolute Gasteiger partial charge is 0.369 e. The Balaban J connectivity index is 0.897. The molecule has 274 valence electrons. The molecule has 0 saturated carbocycles. The number of unbranched alkanes of at least 4 members (excludes halogenated alkanes) is 7. The minimum atomic E-state index is -0.813. The van der Waals surface area contributed by atoms with Gasteiger partial charge in [0.25, 0.3) is 0 Å². The van der Waals surface area contributed by atoms with Crippen LogP contribution in [-0.4, -0.2) is 60.9 Å². The van der Waals surface area contributed by atoms with Gasteiger partial charge in [0.2, 0.25) is 11.8 Å². The van der Waals surface area contributed by atoms with Crippen LogP contribution in [0.4, 0.5) is 0 Å². The fraction of sp³-hybridized carbons (Fsp3) is 0.435. The van der Waals surface area contributed by atoms with E-state index >= 15 is 0 Å². The molecule has 0 bridgehead atoms. The van der Waals surface area contributed by atoms with Gasteiger partial charge in [-0.25, -0.2) is 0 Å². The Morgan fingerprint density at radius 2 is 0.731 bits per heavy atom. The average molecular weight is 699 g/mol. The van der Waals surface area contributed by atoms with E-state index in [0.29, 0.717) is 0 Å². The summed E-state index contributed by atoms with van der Waals surface area (Å²) < 4.78 is 0. The van der Waals surface area contributed by atoms with Crippen molar-refractivity contribution in [3.63, 3.8) is 0 Å². The number of primary amides is 2. The van der Waals surface area contributed by atoms with E-state index in [1.54, 1.807) is 0 Å². The molecule has 2 unspecified atom stereocenters. The topological polar surface area (TPSA) is 92.7 Å². The fourth-order valence-corrected chi connectivity index (χ4v) is 9.56. The molecule has 2 fully saturated rings. The molecule has 6 nitrogen and oxygen atoms in total. The van der Waals surface area contributed by atoms with Crippen molar-refractivity contribution in [3.8, 4) is 0 Å². The van der Waals surface area contributed by atoms with Gasteiger partial charge < -0.3 is 21.3 Å². The van der Waals surface area contributed by atoms with Gasteiger partial charge in [-0.05, 0) is 86.0 Å². The summed E-state index contributed by atoms with van der Waals surface area (Å²) in [4.78, 5) is 31.8. The number of benzene rings is 4. The van der Waals surface area contributed by atoms with E-state index in [0.717, 1.165) is 74.4 Å². The normalized spacial score (nSPS) is 18.5. The maximum absolute atomic E-state index is 13.4. The molecule has 2 heterocycles. The highest BCUT2D eigenvalue weighted by atomic mass is 16.2. The number of carbonyl (C=O) groups is 2.